The van der Waals surface area contributed by atoms with Gasteiger partial charge in [0, 0.05) is 24.2 Å². The standard InChI is InChI=1S/C19H23ClN4O2/c1-12-6-8-24(9-7-12)18-11-16(21-13(2)22-18)19(25)23-15-10-14(20)4-5-17(15)26-3/h4-5,10-12H,6-9H2,1-3H3,(H,23,25). The van der Waals surface area contributed by atoms with E-state index in [2.05, 4.69) is 27.1 Å². The number of hydrogen-bond acceptors (Lipinski definition) is 5. The number of ether oxygens (including phenoxy) is 1. The van der Waals surface area contributed by atoms with Crippen molar-refractivity contribution in [1.82, 2.24) is 9.97 Å². The number of nitrogens with zero attached hydrogens (tertiary/aromatic N) is 3. The topological polar surface area (TPSA) is 67.3 Å². The molecule has 0 atom stereocenters. The van der Waals surface area contributed by atoms with E-state index in [4.69, 9.17) is 16.3 Å². The number of amides is 1. The lowest BCUT2D eigenvalue weighted by molar-refractivity contribution is 0.102. The first kappa shape index (κ1) is 18.5. The number of piperidine rings is 1. The van der Waals surface area contributed by atoms with Gasteiger partial charge in [-0.25, -0.2) is 9.97 Å². The van der Waals surface area contributed by atoms with Crippen LogP contribution in [0, 0.1) is 12.8 Å². The van der Waals surface area contributed by atoms with Crippen LogP contribution < -0.4 is 15.0 Å². The van der Waals surface area contributed by atoms with E-state index in [9.17, 15) is 4.79 Å². The summed E-state index contributed by atoms with van der Waals surface area (Å²) in [5.74, 6) is 2.32. The molecule has 7 heteroatoms. The SMILES string of the molecule is COc1ccc(Cl)cc1NC(=O)c1cc(N2CCC(C)CC2)nc(C)n1. The fraction of sp³-hybridized carbons (Fsp3) is 0.421. The highest BCUT2D eigenvalue weighted by atomic mass is 35.5. The van der Waals surface area contributed by atoms with Gasteiger partial charge in [0.1, 0.15) is 23.1 Å². The molecule has 1 amide bonds. The molecule has 0 radical (unpaired) electrons. The quantitative estimate of drug-likeness (QED) is 0.878. The second kappa shape index (κ2) is 7.91. The Balaban J connectivity index is 1.82. The maximum atomic E-state index is 12.7. The number of hydrogen-bond donors (Lipinski definition) is 1. The van der Waals surface area contributed by atoms with E-state index in [1.54, 1.807) is 38.3 Å². The van der Waals surface area contributed by atoms with Crippen molar-refractivity contribution >= 4 is 29.0 Å². The number of halogens is 1. The minimum atomic E-state index is -0.317. The number of aryl methyl sites for hydroxylation is 1. The zero-order valence-corrected chi connectivity index (χ0v) is 16.0. The average Bonchev–Trinajstić information content (AvgIpc) is 2.62. The molecule has 0 saturated carbocycles. The van der Waals surface area contributed by atoms with E-state index >= 15 is 0 Å². The van der Waals surface area contributed by atoms with Crippen LogP contribution in [0.1, 0.15) is 36.1 Å². The van der Waals surface area contributed by atoms with Crippen molar-refractivity contribution in [2.24, 2.45) is 5.92 Å². The summed E-state index contributed by atoms with van der Waals surface area (Å²) in [6.07, 6.45) is 2.26. The predicted octanol–water partition coefficient (Wildman–Crippen LogP) is 3.94. The summed E-state index contributed by atoms with van der Waals surface area (Å²) in [5, 5.41) is 3.34. The molecular weight excluding hydrogens is 352 g/mol. The molecule has 1 N–H and O–H groups in total. The molecule has 0 bridgehead atoms. The fourth-order valence-corrected chi connectivity index (χ4v) is 3.20. The highest BCUT2D eigenvalue weighted by molar-refractivity contribution is 6.31. The van der Waals surface area contributed by atoms with Gasteiger partial charge in [-0.05, 0) is 43.9 Å². The van der Waals surface area contributed by atoms with E-state index in [0.717, 1.165) is 37.7 Å². The molecular formula is C19H23ClN4O2. The lowest BCUT2D eigenvalue weighted by Crippen LogP contribution is -2.34. The summed E-state index contributed by atoms with van der Waals surface area (Å²) in [7, 11) is 1.54. The van der Waals surface area contributed by atoms with Gasteiger partial charge in [-0.1, -0.05) is 18.5 Å². The summed E-state index contributed by atoms with van der Waals surface area (Å²) in [6.45, 7) is 5.95. The maximum absolute atomic E-state index is 12.7. The third-order valence-corrected chi connectivity index (χ3v) is 4.81. The van der Waals surface area contributed by atoms with E-state index < -0.39 is 0 Å². The maximum Gasteiger partial charge on any atom is 0.274 e. The molecule has 138 valence electrons. The molecule has 1 fully saturated rings. The molecule has 6 nitrogen and oxygen atoms in total. The van der Waals surface area contributed by atoms with Crippen molar-refractivity contribution in [3.8, 4) is 5.75 Å². The third-order valence-electron chi connectivity index (χ3n) is 4.57. The first-order chi connectivity index (χ1) is 12.5. The van der Waals surface area contributed by atoms with Gasteiger partial charge in [-0.15, -0.1) is 0 Å². The van der Waals surface area contributed by atoms with Crippen molar-refractivity contribution in [2.45, 2.75) is 26.7 Å². The summed E-state index contributed by atoms with van der Waals surface area (Å²) < 4.78 is 5.28. The Morgan fingerprint density at radius 3 is 2.69 bits per heavy atom. The number of nitrogens with one attached hydrogen (secondary N) is 1. The monoisotopic (exact) mass is 374 g/mol. The molecule has 0 spiro atoms. The van der Waals surface area contributed by atoms with Crippen LogP contribution in [-0.2, 0) is 0 Å². The highest BCUT2D eigenvalue weighted by Gasteiger charge is 2.20. The predicted molar refractivity (Wildman–Crippen MR) is 103 cm³/mol. The molecule has 1 aromatic carbocycles. The van der Waals surface area contributed by atoms with Crippen molar-refractivity contribution < 1.29 is 9.53 Å². The lowest BCUT2D eigenvalue weighted by atomic mass is 9.99. The first-order valence-corrected chi connectivity index (χ1v) is 9.09. The number of carbonyl (C=O) groups is 1. The van der Waals surface area contributed by atoms with Crippen molar-refractivity contribution in [3.05, 3.63) is 40.8 Å². The van der Waals surface area contributed by atoms with Crippen molar-refractivity contribution in [3.63, 3.8) is 0 Å². The molecule has 3 rings (SSSR count). The molecule has 0 unspecified atom stereocenters. The van der Waals surface area contributed by atoms with Crippen LogP contribution in [0.4, 0.5) is 11.5 Å². The number of aromatic nitrogens is 2. The minimum absolute atomic E-state index is 0.317. The van der Waals surface area contributed by atoms with Gasteiger partial charge >= 0.3 is 0 Å². The van der Waals surface area contributed by atoms with Crippen LogP contribution in [0.25, 0.3) is 0 Å². The van der Waals surface area contributed by atoms with Crippen LogP contribution in [0.5, 0.6) is 5.75 Å². The van der Waals surface area contributed by atoms with Crippen molar-refractivity contribution in [2.75, 3.05) is 30.4 Å². The largest absolute Gasteiger partial charge is 0.495 e. The van der Waals surface area contributed by atoms with E-state index in [-0.39, 0.29) is 5.91 Å². The molecule has 1 aliphatic rings. The minimum Gasteiger partial charge on any atom is -0.495 e. The number of benzene rings is 1. The molecule has 26 heavy (non-hydrogen) atoms. The smallest absolute Gasteiger partial charge is 0.274 e. The average molecular weight is 375 g/mol. The third kappa shape index (κ3) is 4.25. The van der Waals surface area contributed by atoms with Gasteiger partial charge in [0.25, 0.3) is 5.91 Å². The number of rotatable bonds is 4. The Labute approximate surface area is 158 Å². The summed E-state index contributed by atoms with van der Waals surface area (Å²) in [6, 6.07) is 6.82. The Hall–Kier alpha value is -2.34. The fourth-order valence-electron chi connectivity index (χ4n) is 3.03. The van der Waals surface area contributed by atoms with Crippen molar-refractivity contribution in [1.29, 1.82) is 0 Å². The Morgan fingerprint density at radius 1 is 1.27 bits per heavy atom. The lowest BCUT2D eigenvalue weighted by Gasteiger charge is -2.31. The van der Waals surface area contributed by atoms with E-state index in [0.29, 0.717) is 28.0 Å². The molecule has 1 aliphatic heterocycles. The van der Waals surface area contributed by atoms with E-state index in [1.807, 2.05) is 0 Å². The Morgan fingerprint density at radius 2 is 2.00 bits per heavy atom. The Bertz CT molecular complexity index is 804. The second-order valence-corrected chi connectivity index (χ2v) is 7.06. The van der Waals surface area contributed by atoms with Gasteiger partial charge in [-0.3, -0.25) is 4.79 Å². The number of carbonyl (C=O) groups excluding carboxylic acids is 1. The summed E-state index contributed by atoms with van der Waals surface area (Å²) >= 11 is 6.03. The van der Waals surface area contributed by atoms with Crippen LogP contribution in [0.3, 0.4) is 0 Å². The molecule has 0 aliphatic carbocycles. The highest BCUT2D eigenvalue weighted by Crippen LogP contribution is 2.28. The van der Waals surface area contributed by atoms with Gasteiger partial charge < -0.3 is 15.0 Å². The van der Waals surface area contributed by atoms with Crippen LogP contribution >= 0.6 is 11.6 Å². The zero-order chi connectivity index (χ0) is 18.7. The van der Waals surface area contributed by atoms with Crippen LogP contribution in [0.2, 0.25) is 5.02 Å². The first-order valence-electron chi connectivity index (χ1n) is 8.72. The zero-order valence-electron chi connectivity index (χ0n) is 15.3. The van der Waals surface area contributed by atoms with Gasteiger partial charge in [0.05, 0.1) is 12.8 Å². The number of methoxy groups -OCH3 is 1. The van der Waals surface area contributed by atoms with Gasteiger partial charge in [0.15, 0.2) is 0 Å². The molecule has 2 aromatic rings. The normalized spacial score (nSPS) is 15.0. The molecule has 1 aromatic heterocycles. The summed E-state index contributed by atoms with van der Waals surface area (Å²) in [5.41, 5.74) is 0.836. The van der Waals surface area contributed by atoms with E-state index in [1.165, 1.54) is 0 Å². The Kier molecular flexibility index (Phi) is 5.61. The van der Waals surface area contributed by atoms with Crippen LogP contribution in [-0.4, -0.2) is 36.1 Å². The second-order valence-electron chi connectivity index (χ2n) is 6.63. The molecule has 2 heterocycles. The molecule has 1 saturated heterocycles. The summed E-state index contributed by atoms with van der Waals surface area (Å²) in [4.78, 5) is 23.7. The van der Waals surface area contributed by atoms with Gasteiger partial charge in [-0.2, -0.15) is 0 Å². The number of anilines is 2. The van der Waals surface area contributed by atoms with Gasteiger partial charge in [0.2, 0.25) is 0 Å². The van der Waals surface area contributed by atoms with Crippen LogP contribution in [0.15, 0.2) is 24.3 Å².